The van der Waals surface area contributed by atoms with Crippen molar-refractivity contribution in [2.75, 3.05) is 20.2 Å². The molecule has 2 rings (SSSR count). The van der Waals surface area contributed by atoms with Crippen molar-refractivity contribution in [3.05, 3.63) is 35.9 Å². The van der Waals surface area contributed by atoms with Crippen LogP contribution in [0.1, 0.15) is 18.0 Å². The van der Waals surface area contributed by atoms with Crippen molar-refractivity contribution in [2.24, 2.45) is 5.73 Å². The average Bonchev–Trinajstić information content (AvgIpc) is 2.87. The van der Waals surface area contributed by atoms with Crippen LogP contribution in [0.15, 0.2) is 30.3 Å². The number of carbonyl (C=O) groups excluding carboxylic acids is 1. The first-order chi connectivity index (χ1) is 8.22. The van der Waals surface area contributed by atoms with Crippen molar-refractivity contribution in [3.63, 3.8) is 0 Å². The third kappa shape index (κ3) is 2.65. The van der Waals surface area contributed by atoms with Gasteiger partial charge in [0, 0.05) is 20.2 Å². The molecule has 92 valence electrons. The number of amides is 1. The summed E-state index contributed by atoms with van der Waals surface area (Å²) in [6.07, 6.45) is 1.05. The molecule has 1 heterocycles. The van der Waals surface area contributed by atoms with Gasteiger partial charge in [0.25, 0.3) is 0 Å². The number of nitrogens with zero attached hydrogens (tertiary/aromatic N) is 1. The van der Waals surface area contributed by atoms with Crippen LogP contribution < -0.4 is 5.73 Å². The lowest BCUT2D eigenvalue weighted by atomic mass is 10.1. The fourth-order valence-electron chi connectivity index (χ4n) is 2.12. The Morgan fingerprint density at radius 1 is 1.47 bits per heavy atom. The van der Waals surface area contributed by atoms with Crippen LogP contribution in [0.2, 0.25) is 0 Å². The molecule has 2 N–H and O–H groups in total. The molecule has 0 saturated carbocycles. The molecule has 1 unspecified atom stereocenters. The fourth-order valence-corrected chi connectivity index (χ4v) is 2.12. The highest BCUT2D eigenvalue weighted by molar-refractivity contribution is 5.83. The minimum absolute atomic E-state index is 0.0178. The summed E-state index contributed by atoms with van der Waals surface area (Å²) in [5.74, 6) is -0.0178. The minimum atomic E-state index is -0.563. The predicted molar refractivity (Wildman–Crippen MR) is 65.4 cm³/mol. The van der Waals surface area contributed by atoms with E-state index in [1.165, 1.54) is 0 Å². The number of benzene rings is 1. The second kappa shape index (κ2) is 5.29. The number of carbonyl (C=O) groups is 1. The van der Waals surface area contributed by atoms with Crippen LogP contribution in [0.4, 0.5) is 0 Å². The molecule has 4 nitrogen and oxygen atoms in total. The highest BCUT2D eigenvalue weighted by Gasteiger charge is 2.29. The Bertz CT molecular complexity index is 380. The van der Waals surface area contributed by atoms with E-state index in [0.717, 1.165) is 18.5 Å². The lowest BCUT2D eigenvalue weighted by molar-refractivity contribution is -0.132. The van der Waals surface area contributed by atoms with Gasteiger partial charge in [-0.1, -0.05) is 30.3 Å². The Hall–Kier alpha value is -1.39. The normalized spacial score (nSPS) is 21.5. The molecule has 0 radical (unpaired) electrons. The van der Waals surface area contributed by atoms with Gasteiger partial charge in [0.1, 0.15) is 6.04 Å². The monoisotopic (exact) mass is 234 g/mol. The van der Waals surface area contributed by atoms with Crippen molar-refractivity contribution < 1.29 is 9.53 Å². The maximum atomic E-state index is 12.2. The first-order valence-electron chi connectivity index (χ1n) is 5.84. The molecule has 17 heavy (non-hydrogen) atoms. The van der Waals surface area contributed by atoms with Crippen LogP contribution in [0.3, 0.4) is 0 Å². The molecule has 1 fully saturated rings. The van der Waals surface area contributed by atoms with Crippen molar-refractivity contribution in [1.29, 1.82) is 0 Å². The number of ether oxygens (including phenoxy) is 1. The SMILES string of the molecule is COC1CCN(C(=O)[C@H](N)c2ccccc2)C1. The molecule has 4 heteroatoms. The van der Waals surface area contributed by atoms with Crippen LogP contribution in [0.5, 0.6) is 0 Å². The predicted octanol–water partition coefficient (Wildman–Crippen LogP) is 0.934. The van der Waals surface area contributed by atoms with E-state index in [2.05, 4.69) is 0 Å². The summed E-state index contributed by atoms with van der Waals surface area (Å²) in [6.45, 7) is 1.38. The zero-order valence-corrected chi connectivity index (χ0v) is 10.0. The van der Waals surface area contributed by atoms with E-state index in [1.807, 2.05) is 30.3 Å². The van der Waals surface area contributed by atoms with Gasteiger partial charge < -0.3 is 15.4 Å². The quantitative estimate of drug-likeness (QED) is 0.846. The van der Waals surface area contributed by atoms with E-state index in [4.69, 9.17) is 10.5 Å². The molecule has 0 aliphatic carbocycles. The maximum absolute atomic E-state index is 12.2. The molecule has 1 aromatic carbocycles. The average molecular weight is 234 g/mol. The summed E-state index contributed by atoms with van der Waals surface area (Å²) in [5.41, 5.74) is 6.83. The molecule has 2 atom stereocenters. The Kier molecular flexibility index (Phi) is 3.76. The van der Waals surface area contributed by atoms with E-state index >= 15 is 0 Å². The van der Waals surface area contributed by atoms with Gasteiger partial charge in [-0.15, -0.1) is 0 Å². The molecule has 1 aliphatic rings. The smallest absolute Gasteiger partial charge is 0.244 e. The Balaban J connectivity index is 2.01. The van der Waals surface area contributed by atoms with Crippen LogP contribution in [-0.2, 0) is 9.53 Å². The van der Waals surface area contributed by atoms with E-state index in [-0.39, 0.29) is 12.0 Å². The van der Waals surface area contributed by atoms with Crippen LogP contribution in [0, 0.1) is 0 Å². The van der Waals surface area contributed by atoms with Crippen molar-refractivity contribution >= 4 is 5.91 Å². The number of hydrogen-bond acceptors (Lipinski definition) is 3. The minimum Gasteiger partial charge on any atom is -0.380 e. The van der Waals surface area contributed by atoms with Crippen molar-refractivity contribution in [1.82, 2.24) is 4.90 Å². The van der Waals surface area contributed by atoms with Crippen LogP contribution in [-0.4, -0.2) is 37.1 Å². The number of hydrogen-bond donors (Lipinski definition) is 1. The molecule has 1 aromatic rings. The van der Waals surface area contributed by atoms with Gasteiger partial charge in [0.15, 0.2) is 0 Å². The summed E-state index contributed by atoms with van der Waals surface area (Å²) in [5, 5.41) is 0. The van der Waals surface area contributed by atoms with E-state index in [9.17, 15) is 4.79 Å². The van der Waals surface area contributed by atoms with Crippen LogP contribution in [0.25, 0.3) is 0 Å². The topological polar surface area (TPSA) is 55.6 Å². The molecule has 0 spiro atoms. The summed E-state index contributed by atoms with van der Waals surface area (Å²) in [6, 6.07) is 8.90. The zero-order chi connectivity index (χ0) is 12.3. The standard InChI is InChI=1S/C13H18N2O2/c1-17-11-7-8-15(9-11)13(16)12(14)10-5-3-2-4-6-10/h2-6,11-12H,7-9,14H2,1H3/t11?,12-/m1/s1. The lowest BCUT2D eigenvalue weighted by Gasteiger charge is -2.20. The van der Waals surface area contributed by atoms with E-state index < -0.39 is 6.04 Å². The van der Waals surface area contributed by atoms with E-state index in [1.54, 1.807) is 12.0 Å². The summed E-state index contributed by atoms with van der Waals surface area (Å²) in [7, 11) is 1.68. The van der Waals surface area contributed by atoms with Gasteiger partial charge >= 0.3 is 0 Å². The molecule has 0 aromatic heterocycles. The molecule has 1 saturated heterocycles. The van der Waals surface area contributed by atoms with Crippen molar-refractivity contribution in [3.8, 4) is 0 Å². The van der Waals surface area contributed by atoms with Gasteiger partial charge in [-0.25, -0.2) is 0 Å². The van der Waals surface area contributed by atoms with Gasteiger partial charge in [-0.05, 0) is 12.0 Å². The Labute approximate surface area is 101 Å². The third-order valence-corrected chi connectivity index (χ3v) is 3.21. The Morgan fingerprint density at radius 3 is 2.76 bits per heavy atom. The molecule has 0 bridgehead atoms. The number of rotatable bonds is 3. The molecular formula is C13H18N2O2. The summed E-state index contributed by atoms with van der Waals surface area (Å²) < 4.78 is 5.24. The highest BCUT2D eigenvalue weighted by Crippen LogP contribution is 2.18. The van der Waals surface area contributed by atoms with Gasteiger partial charge in [-0.3, -0.25) is 4.79 Å². The lowest BCUT2D eigenvalue weighted by Crippen LogP contribution is -2.37. The second-order valence-corrected chi connectivity index (χ2v) is 4.32. The first kappa shape index (κ1) is 12.1. The summed E-state index contributed by atoms with van der Waals surface area (Å²) in [4.78, 5) is 13.9. The summed E-state index contributed by atoms with van der Waals surface area (Å²) >= 11 is 0. The Morgan fingerprint density at radius 2 is 2.18 bits per heavy atom. The largest absolute Gasteiger partial charge is 0.380 e. The van der Waals surface area contributed by atoms with Gasteiger partial charge in [0.2, 0.25) is 5.91 Å². The first-order valence-corrected chi connectivity index (χ1v) is 5.84. The molecule has 1 amide bonds. The van der Waals surface area contributed by atoms with Crippen molar-refractivity contribution in [2.45, 2.75) is 18.6 Å². The maximum Gasteiger partial charge on any atom is 0.244 e. The zero-order valence-electron chi connectivity index (χ0n) is 10.0. The number of methoxy groups -OCH3 is 1. The molecule has 1 aliphatic heterocycles. The number of likely N-dealkylation sites (tertiary alicyclic amines) is 1. The molecular weight excluding hydrogens is 216 g/mol. The van der Waals surface area contributed by atoms with Gasteiger partial charge in [0.05, 0.1) is 6.10 Å². The van der Waals surface area contributed by atoms with E-state index in [0.29, 0.717) is 6.54 Å². The van der Waals surface area contributed by atoms with Crippen LogP contribution >= 0.6 is 0 Å². The fraction of sp³-hybridized carbons (Fsp3) is 0.462. The third-order valence-electron chi connectivity index (χ3n) is 3.21. The highest BCUT2D eigenvalue weighted by atomic mass is 16.5. The van der Waals surface area contributed by atoms with Gasteiger partial charge in [-0.2, -0.15) is 0 Å². The second-order valence-electron chi connectivity index (χ2n) is 4.32. The number of nitrogens with two attached hydrogens (primary N) is 1.